The van der Waals surface area contributed by atoms with Crippen LogP contribution >= 0.6 is 22.9 Å². The molecule has 0 spiro atoms. The number of benzene rings is 1. The molecule has 1 N–H and O–H groups in total. The van der Waals surface area contributed by atoms with Gasteiger partial charge in [-0.3, -0.25) is 4.79 Å². The Kier molecular flexibility index (Phi) is 4.36. The molecule has 0 saturated heterocycles. The van der Waals surface area contributed by atoms with Crippen molar-refractivity contribution in [3.8, 4) is 0 Å². The second kappa shape index (κ2) is 6.42. The van der Waals surface area contributed by atoms with E-state index in [0.29, 0.717) is 17.3 Å². The Balaban J connectivity index is 1.65. The maximum atomic E-state index is 12.1. The Bertz CT molecular complexity index is 768. The number of carbonyl (C=O) groups is 1. The first-order valence-corrected chi connectivity index (χ1v) is 8.08. The molecule has 4 nitrogen and oxygen atoms in total. The summed E-state index contributed by atoms with van der Waals surface area (Å²) in [4.78, 5) is 20.6. The van der Waals surface area contributed by atoms with Gasteiger partial charge in [-0.25, -0.2) is 9.97 Å². The van der Waals surface area contributed by atoms with Crippen LogP contribution in [0.1, 0.15) is 28.2 Å². The van der Waals surface area contributed by atoms with Crippen LogP contribution in [0.15, 0.2) is 42.6 Å². The molecule has 0 radical (unpaired) electrons. The fourth-order valence-corrected chi connectivity index (χ4v) is 3.18. The average Bonchev–Trinajstić information content (AvgIpc) is 2.97. The number of nitrogens with one attached hydrogen (secondary N) is 1. The number of hydrogen-bond donors (Lipinski definition) is 1. The van der Waals surface area contributed by atoms with Crippen molar-refractivity contribution >= 4 is 39.1 Å². The molecule has 0 aliphatic heterocycles. The highest BCUT2D eigenvalue weighted by atomic mass is 35.5. The lowest BCUT2D eigenvalue weighted by molar-refractivity contribution is 0.0951. The van der Waals surface area contributed by atoms with Crippen LogP contribution in [0.4, 0.5) is 0 Å². The predicted octanol–water partition coefficient (Wildman–Crippen LogP) is 3.88. The smallest absolute Gasteiger partial charge is 0.252 e. The Morgan fingerprint density at radius 3 is 2.86 bits per heavy atom. The molecule has 0 bridgehead atoms. The largest absolute Gasteiger partial charge is 0.351 e. The maximum absolute atomic E-state index is 12.1. The van der Waals surface area contributed by atoms with E-state index in [9.17, 15) is 4.79 Å². The standard InChI is InChI=1S/C16H14ClN3OS/c1-10(16-20-12-4-2-3-5-13(12)22-16)8-19-15(21)11-6-7-14(17)18-9-11/h2-7,9-10H,8H2,1H3,(H,19,21). The lowest BCUT2D eigenvalue weighted by atomic mass is 10.2. The van der Waals surface area contributed by atoms with Crippen molar-refractivity contribution in [1.29, 1.82) is 0 Å². The van der Waals surface area contributed by atoms with E-state index in [1.165, 1.54) is 6.20 Å². The molecule has 112 valence electrons. The molecule has 1 atom stereocenters. The van der Waals surface area contributed by atoms with Gasteiger partial charge in [-0.05, 0) is 24.3 Å². The van der Waals surface area contributed by atoms with Crippen molar-refractivity contribution in [2.75, 3.05) is 6.54 Å². The van der Waals surface area contributed by atoms with E-state index in [-0.39, 0.29) is 11.8 Å². The molecule has 0 aliphatic rings. The van der Waals surface area contributed by atoms with Gasteiger partial charge in [0.2, 0.25) is 0 Å². The quantitative estimate of drug-likeness (QED) is 0.738. The van der Waals surface area contributed by atoms with Crippen LogP contribution in [0.3, 0.4) is 0 Å². The molecule has 22 heavy (non-hydrogen) atoms. The highest BCUT2D eigenvalue weighted by Gasteiger charge is 2.13. The van der Waals surface area contributed by atoms with Gasteiger partial charge in [0.15, 0.2) is 0 Å². The van der Waals surface area contributed by atoms with E-state index in [0.717, 1.165) is 15.2 Å². The van der Waals surface area contributed by atoms with Crippen LogP contribution in [-0.2, 0) is 0 Å². The number of thiazole rings is 1. The highest BCUT2D eigenvalue weighted by molar-refractivity contribution is 7.18. The van der Waals surface area contributed by atoms with E-state index in [1.807, 2.05) is 18.2 Å². The van der Waals surface area contributed by atoms with Crippen molar-refractivity contribution in [2.45, 2.75) is 12.8 Å². The molecule has 0 saturated carbocycles. The number of carbonyl (C=O) groups excluding carboxylic acids is 1. The van der Waals surface area contributed by atoms with Crippen molar-refractivity contribution < 1.29 is 4.79 Å². The normalized spacial score (nSPS) is 12.3. The number of amides is 1. The minimum absolute atomic E-state index is 0.154. The number of pyridine rings is 1. The van der Waals surface area contributed by atoms with Gasteiger partial charge in [-0.1, -0.05) is 30.7 Å². The van der Waals surface area contributed by atoms with Gasteiger partial charge in [-0.2, -0.15) is 0 Å². The zero-order chi connectivity index (χ0) is 15.5. The summed E-state index contributed by atoms with van der Waals surface area (Å²) in [5.74, 6) is -0.00117. The number of hydrogen-bond acceptors (Lipinski definition) is 4. The van der Waals surface area contributed by atoms with Crippen molar-refractivity contribution in [3.63, 3.8) is 0 Å². The summed E-state index contributed by atoms with van der Waals surface area (Å²) in [6.07, 6.45) is 1.47. The molecule has 0 fully saturated rings. The van der Waals surface area contributed by atoms with Gasteiger partial charge in [0.1, 0.15) is 5.15 Å². The second-order valence-electron chi connectivity index (χ2n) is 5.00. The van der Waals surface area contributed by atoms with Gasteiger partial charge in [0.25, 0.3) is 5.91 Å². The first-order chi connectivity index (χ1) is 10.6. The van der Waals surface area contributed by atoms with Crippen molar-refractivity contribution in [1.82, 2.24) is 15.3 Å². The molecule has 1 unspecified atom stereocenters. The van der Waals surface area contributed by atoms with E-state index >= 15 is 0 Å². The lowest BCUT2D eigenvalue weighted by Crippen LogP contribution is -2.27. The third-order valence-electron chi connectivity index (χ3n) is 3.29. The Morgan fingerprint density at radius 2 is 2.14 bits per heavy atom. The summed E-state index contributed by atoms with van der Waals surface area (Å²) in [5, 5.41) is 4.30. The SMILES string of the molecule is CC(CNC(=O)c1ccc(Cl)nc1)c1nc2ccccc2s1. The van der Waals surface area contributed by atoms with Gasteiger partial charge in [0, 0.05) is 18.7 Å². The summed E-state index contributed by atoms with van der Waals surface area (Å²) < 4.78 is 1.16. The lowest BCUT2D eigenvalue weighted by Gasteiger charge is -2.09. The summed E-state index contributed by atoms with van der Waals surface area (Å²) in [7, 11) is 0. The average molecular weight is 332 g/mol. The third kappa shape index (κ3) is 3.26. The van der Waals surface area contributed by atoms with Gasteiger partial charge >= 0.3 is 0 Å². The monoisotopic (exact) mass is 331 g/mol. The maximum Gasteiger partial charge on any atom is 0.252 e. The van der Waals surface area contributed by atoms with Crippen LogP contribution < -0.4 is 5.32 Å². The van der Waals surface area contributed by atoms with Gasteiger partial charge < -0.3 is 5.32 Å². The first kappa shape index (κ1) is 14.9. The number of aromatic nitrogens is 2. The summed E-state index contributed by atoms with van der Waals surface area (Å²) >= 11 is 7.38. The fraction of sp³-hybridized carbons (Fsp3) is 0.188. The Labute approximate surface area is 137 Å². The molecule has 2 heterocycles. The summed E-state index contributed by atoms with van der Waals surface area (Å²) in [6, 6.07) is 11.3. The number of rotatable bonds is 4. The minimum Gasteiger partial charge on any atom is -0.351 e. The van der Waals surface area contributed by atoms with Crippen LogP contribution in [0.25, 0.3) is 10.2 Å². The van der Waals surface area contributed by atoms with Gasteiger partial charge in [-0.15, -0.1) is 11.3 Å². The third-order valence-corrected chi connectivity index (χ3v) is 4.78. The second-order valence-corrected chi connectivity index (χ2v) is 6.45. The zero-order valence-electron chi connectivity index (χ0n) is 11.9. The van der Waals surface area contributed by atoms with Crippen LogP contribution in [0, 0.1) is 0 Å². The van der Waals surface area contributed by atoms with Crippen molar-refractivity contribution in [2.24, 2.45) is 0 Å². The molecular weight excluding hydrogens is 318 g/mol. The van der Waals surface area contributed by atoms with E-state index < -0.39 is 0 Å². The van der Waals surface area contributed by atoms with Crippen molar-refractivity contribution in [3.05, 3.63) is 58.3 Å². The highest BCUT2D eigenvalue weighted by Crippen LogP contribution is 2.26. The zero-order valence-corrected chi connectivity index (χ0v) is 13.5. The molecule has 3 aromatic rings. The van der Waals surface area contributed by atoms with E-state index in [4.69, 9.17) is 11.6 Å². The summed E-state index contributed by atoms with van der Waals surface area (Å²) in [6.45, 7) is 2.58. The molecule has 1 amide bonds. The fourth-order valence-electron chi connectivity index (χ4n) is 2.05. The van der Waals surface area contributed by atoms with Gasteiger partial charge in [0.05, 0.1) is 20.8 Å². The Morgan fingerprint density at radius 1 is 1.32 bits per heavy atom. The molecule has 6 heteroatoms. The molecular formula is C16H14ClN3OS. The Hall–Kier alpha value is -1.98. The number of para-hydroxylation sites is 1. The van der Waals surface area contributed by atoms with Crippen LogP contribution in [-0.4, -0.2) is 22.4 Å². The topological polar surface area (TPSA) is 54.9 Å². The van der Waals surface area contributed by atoms with Crippen LogP contribution in [0.2, 0.25) is 5.15 Å². The predicted molar refractivity (Wildman–Crippen MR) is 89.6 cm³/mol. The summed E-state index contributed by atoms with van der Waals surface area (Å²) in [5.41, 5.74) is 1.50. The molecule has 1 aromatic carbocycles. The van der Waals surface area contributed by atoms with Crippen LogP contribution in [0.5, 0.6) is 0 Å². The molecule has 0 aliphatic carbocycles. The van der Waals surface area contributed by atoms with E-state index in [2.05, 4.69) is 28.3 Å². The number of fused-ring (bicyclic) bond motifs is 1. The molecule has 3 rings (SSSR count). The number of halogens is 1. The molecule has 2 aromatic heterocycles. The first-order valence-electron chi connectivity index (χ1n) is 6.88. The minimum atomic E-state index is -0.155. The number of nitrogens with zero attached hydrogens (tertiary/aromatic N) is 2. The van der Waals surface area contributed by atoms with E-state index in [1.54, 1.807) is 23.5 Å².